The summed E-state index contributed by atoms with van der Waals surface area (Å²) in [6.45, 7) is 5.72. The maximum absolute atomic E-state index is 12.1. The third-order valence-electron chi connectivity index (χ3n) is 4.56. The number of H-pyrrole nitrogens is 1. The highest BCUT2D eigenvalue weighted by atomic mass is 79.9. The van der Waals surface area contributed by atoms with Crippen LogP contribution in [-0.4, -0.2) is 42.1 Å². The third-order valence-corrected chi connectivity index (χ3v) is 5.14. The smallest absolute Gasteiger partial charge is 0.226 e. The molecule has 130 valence electrons. The van der Waals surface area contributed by atoms with Crippen LogP contribution >= 0.6 is 15.9 Å². The number of piperidine rings is 1. The molecule has 6 nitrogen and oxygen atoms in total. The molecule has 24 heavy (non-hydrogen) atoms. The predicted octanol–water partition coefficient (Wildman–Crippen LogP) is 3.11. The fourth-order valence-corrected chi connectivity index (χ4v) is 3.71. The molecule has 2 aromatic rings. The largest absolute Gasteiger partial charge is 0.368 e. The van der Waals surface area contributed by atoms with E-state index in [4.69, 9.17) is 0 Å². The number of aromatic nitrogens is 2. The van der Waals surface area contributed by atoms with Crippen molar-refractivity contribution in [3.8, 4) is 0 Å². The van der Waals surface area contributed by atoms with Gasteiger partial charge in [-0.3, -0.25) is 4.79 Å². The highest BCUT2D eigenvalue weighted by Crippen LogP contribution is 2.39. The van der Waals surface area contributed by atoms with Gasteiger partial charge in [0.15, 0.2) is 0 Å². The van der Waals surface area contributed by atoms with Crippen LogP contribution in [0, 0.1) is 5.92 Å². The number of fused-ring (bicyclic) bond motifs is 1. The molecule has 3 N–H and O–H groups in total. The van der Waals surface area contributed by atoms with Gasteiger partial charge in [0.05, 0.1) is 21.2 Å². The van der Waals surface area contributed by atoms with Crippen LogP contribution in [0.3, 0.4) is 0 Å². The summed E-state index contributed by atoms with van der Waals surface area (Å²) < 4.78 is 0.950. The molecule has 1 amide bonds. The Kier molecular flexibility index (Phi) is 5.10. The van der Waals surface area contributed by atoms with Gasteiger partial charge in [-0.25, -0.2) is 4.98 Å². The highest BCUT2D eigenvalue weighted by Gasteiger charge is 2.24. The summed E-state index contributed by atoms with van der Waals surface area (Å²) in [7, 11) is 2.01. The second kappa shape index (κ2) is 7.11. The lowest BCUT2D eigenvalue weighted by atomic mass is 10.0. The predicted molar refractivity (Wildman–Crippen MR) is 102 cm³/mol. The second-order valence-electron chi connectivity index (χ2n) is 6.60. The highest BCUT2D eigenvalue weighted by molar-refractivity contribution is 9.10. The van der Waals surface area contributed by atoms with E-state index in [0.717, 1.165) is 46.4 Å². The van der Waals surface area contributed by atoms with Crippen molar-refractivity contribution in [3.05, 3.63) is 16.9 Å². The Bertz CT molecular complexity index is 742. The quantitative estimate of drug-likeness (QED) is 0.745. The first kappa shape index (κ1) is 17.2. The standard InChI is InChI=1S/C17H24BrN5O/c1-10(2)17(24)22-13-8-21-16-14(13)15(12(18)7-20-16)23-6-4-5-11(9-23)19-3/h7-8,10-11,19H,4-6,9H2,1-3H3,(H,20,21)(H,22,24)/t11-/m1/s1. The van der Waals surface area contributed by atoms with Gasteiger partial charge in [0, 0.05) is 37.4 Å². The minimum Gasteiger partial charge on any atom is -0.368 e. The Labute approximate surface area is 150 Å². The number of nitrogens with zero attached hydrogens (tertiary/aromatic N) is 2. The maximum Gasteiger partial charge on any atom is 0.226 e. The van der Waals surface area contributed by atoms with Crippen LogP contribution in [0.5, 0.6) is 0 Å². The van der Waals surface area contributed by atoms with Crippen molar-refractivity contribution in [3.63, 3.8) is 0 Å². The first-order valence-corrected chi connectivity index (χ1v) is 9.19. The zero-order valence-electron chi connectivity index (χ0n) is 14.3. The number of hydrogen-bond acceptors (Lipinski definition) is 4. The number of likely N-dealkylation sites (N-methyl/N-ethyl adjacent to an activating group) is 1. The van der Waals surface area contributed by atoms with Crippen molar-refractivity contribution in [2.75, 3.05) is 30.4 Å². The average molecular weight is 394 g/mol. The molecule has 1 aliphatic heterocycles. The first-order chi connectivity index (χ1) is 11.5. The van der Waals surface area contributed by atoms with Gasteiger partial charge in [-0.2, -0.15) is 0 Å². The van der Waals surface area contributed by atoms with E-state index in [1.165, 1.54) is 6.42 Å². The lowest BCUT2D eigenvalue weighted by Crippen LogP contribution is -2.44. The Balaban J connectivity index is 2.04. The Morgan fingerprint density at radius 3 is 3.00 bits per heavy atom. The van der Waals surface area contributed by atoms with Gasteiger partial charge < -0.3 is 20.5 Å². The molecule has 7 heteroatoms. The van der Waals surface area contributed by atoms with Crippen molar-refractivity contribution in [1.29, 1.82) is 0 Å². The fourth-order valence-electron chi connectivity index (χ4n) is 3.16. The number of nitrogens with one attached hydrogen (secondary N) is 3. The van der Waals surface area contributed by atoms with Crippen LogP contribution < -0.4 is 15.5 Å². The first-order valence-electron chi connectivity index (χ1n) is 8.40. The minimum absolute atomic E-state index is 0.00794. The van der Waals surface area contributed by atoms with Crippen LogP contribution in [0.4, 0.5) is 11.4 Å². The third kappa shape index (κ3) is 3.28. The topological polar surface area (TPSA) is 73.1 Å². The van der Waals surface area contributed by atoms with Gasteiger partial charge in [-0.05, 0) is 35.8 Å². The molecule has 1 fully saturated rings. The number of pyridine rings is 1. The number of hydrogen-bond donors (Lipinski definition) is 3. The molecule has 1 saturated heterocycles. The number of amides is 1. The van der Waals surface area contributed by atoms with Crippen molar-refractivity contribution in [2.24, 2.45) is 5.92 Å². The van der Waals surface area contributed by atoms with E-state index in [9.17, 15) is 4.79 Å². The molecule has 1 atom stereocenters. The molecule has 3 rings (SSSR count). The summed E-state index contributed by atoms with van der Waals surface area (Å²) in [4.78, 5) is 22.1. The van der Waals surface area contributed by atoms with Crippen molar-refractivity contribution in [2.45, 2.75) is 32.7 Å². The molecule has 1 aliphatic rings. The van der Waals surface area contributed by atoms with Crippen molar-refractivity contribution < 1.29 is 4.79 Å². The Morgan fingerprint density at radius 1 is 1.50 bits per heavy atom. The SMILES string of the molecule is CN[C@@H]1CCCN(c2c(Br)cnc3[nH]cc(NC(=O)C(C)C)c23)C1. The number of aromatic amines is 1. The van der Waals surface area contributed by atoms with Crippen LogP contribution in [-0.2, 0) is 4.79 Å². The summed E-state index contributed by atoms with van der Waals surface area (Å²) in [6, 6.07) is 0.474. The van der Waals surface area contributed by atoms with Crippen molar-refractivity contribution >= 4 is 44.2 Å². The van der Waals surface area contributed by atoms with Crippen LogP contribution in [0.25, 0.3) is 11.0 Å². The lowest BCUT2D eigenvalue weighted by Gasteiger charge is -2.35. The number of carbonyl (C=O) groups is 1. The summed E-state index contributed by atoms with van der Waals surface area (Å²) in [5, 5.41) is 7.37. The van der Waals surface area contributed by atoms with Crippen LogP contribution in [0.2, 0.25) is 0 Å². The van der Waals surface area contributed by atoms with Gasteiger partial charge in [0.25, 0.3) is 0 Å². The van der Waals surface area contributed by atoms with E-state index in [-0.39, 0.29) is 11.8 Å². The molecule has 0 unspecified atom stereocenters. The van der Waals surface area contributed by atoms with Crippen LogP contribution in [0.1, 0.15) is 26.7 Å². The summed E-state index contributed by atoms with van der Waals surface area (Å²) in [5.74, 6) is -0.0595. The van der Waals surface area contributed by atoms with Gasteiger partial charge in [0.2, 0.25) is 5.91 Å². The second-order valence-corrected chi connectivity index (χ2v) is 7.45. The molecule has 0 aliphatic carbocycles. The normalized spacial score (nSPS) is 18.4. The van der Waals surface area contributed by atoms with E-state index in [1.807, 2.05) is 33.3 Å². The van der Waals surface area contributed by atoms with E-state index in [2.05, 4.69) is 41.4 Å². The van der Waals surface area contributed by atoms with E-state index in [1.54, 1.807) is 0 Å². The summed E-state index contributed by atoms with van der Waals surface area (Å²) >= 11 is 3.66. The Hall–Kier alpha value is -1.60. The zero-order valence-corrected chi connectivity index (χ0v) is 15.9. The maximum atomic E-state index is 12.1. The molecule has 0 bridgehead atoms. The fraction of sp³-hybridized carbons (Fsp3) is 0.529. The van der Waals surface area contributed by atoms with Gasteiger partial charge in [-0.15, -0.1) is 0 Å². The van der Waals surface area contributed by atoms with Crippen LogP contribution in [0.15, 0.2) is 16.9 Å². The zero-order chi connectivity index (χ0) is 17.3. The van der Waals surface area contributed by atoms with Gasteiger partial charge in [-0.1, -0.05) is 13.8 Å². The molecule has 0 spiro atoms. The van der Waals surface area contributed by atoms with E-state index < -0.39 is 0 Å². The summed E-state index contributed by atoms with van der Waals surface area (Å²) in [5.41, 5.74) is 2.68. The monoisotopic (exact) mass is 393 g/mol. The summed E-state index contributed by atoms with van der Waals surface area (Å²) in [6.07, 6.45) is 5.97. The molecule has 2 aromatic heterocycles. The number of halogens is 1. The number of anilines is 2. The van der Waals surface area contributed by atoms with Gasteiger partial charge >= 0.3 is 0 Å². The molecule has 3 heterocycles. The number of carbonyl (C=O) groups excluding carboxylic acids is 1. The molecular formula is C17H24BrN5O. The molecular weight excluding hydrogens is 370 g/mol. The van der Waals surface area contributed by atoms with Crippen molar-refractivity contribution in [1.82, 2.24) is 15.3 Å². The minimum atomic E-state index is -0.0674. The molecule has 0 saturated carbocycles. The lowest BCUT2D eigenvalue weighted by molar-refractivity contribution is -0.118. The Morgan fingerprint density at radius 2 is 2.29 bits per heavy atom. The average Bonchev–Trinajstić information content (AvgIpc) is 2.97. The van der Waals surface area contributed by atoms with E-state index in [0.29, 0.717) is 6.04 Å². The van der Waals surface area contributed by atoms with E-state index >= 15 is 0 Å². The molecule has 0 radical (unpaired) electrons. The number of rotatable bonds is 4. The molecule has 0 aromatic carbocycles. The van der Waals surface area contributed by atoms with Gasteiger partial charge in [0.1, 0.15) is 5.65 Å².